The maximum absolute atomic E-state index is 13.1. The summed E-state index contributed by atoms with van der Waals surface area (Å²) in [5, 5.41) is 10.6. The van der Waals surface area contributed by atoms with E-state index in [0.29, 0.717) is 31.6 Å². The standard InChI is InChI=1S/C79H154O17P2/c1-7-9-11-13-15-17-19-21-23-26-30-33-37-43-49-55-61-76(81)89-67-74(95-78(83)64-58-52-45-39-35-31-27-24-25-28-32-36-41-47-53-59-71(3)4)69-93-97(85,86)91-65-73(80)66-92-98(87,88)94-70-75(68-90-77(82)62-56-50-46-40-42-48-54-60-72(5)6)96-79(84)63-57-51-44-38-34-29-22-20-18-16-14-12-10-8-2/h71-75,80H,7-70H2,1-6H3,(H,85,86)(H,87,88)/t73-,74-,75-/m1/s1. The molecule has 0 aliphatic carbocycles. The first-order valence-electron chi connectivity index (χ1n) is 41.0. The van der Waals surface area contributed by atoms with E-state index in [2.05, 4.69) is 41.5 Å². The number of esters is 4. The average molecular weight is 1440 g/mol. The lowest BCUT2D eigenvalue weighted by Gasteiger charge is -2.21. The van der Waals surface area contributed by atoms with Crippen molar-refractivity contribution in [3.05, 3.63) is 0 Å². The van der Waals surface area contributed by atoms with E-state index in [4.69, 9.17) is 37.0 Å². The Morgan fingerprint density at radius 2 is 0.469 bits per heavy atom. The number of carbonyl (C=O) groups is 4. The molecule has 5 atom stereocenters. The van der Waals surface area contributed by atoms with E-state index in [1.165, 1.54) is 225 Å². The topological polar surface area (TPSA) is 237 Å². The van der Waals surface area contributed by atoms with Crippen molar-refractivity contribution in [3.8, 4) is 0 Å². The van der Waals surface area contributed by atoms with Gasteiger partial charge in [0.05, 0.1) is 26.4 Å². The molecular formula is C79H154O17P2. The molecule has 0 rings (SSSR count). The molecule has 0 radical (unpaired) electrons. The van der Waals surface area contributed by atoms with Crippen LogP contribution in [0.3, 0.4) is 0 Å². The highest BCUT2D eigenvalue weighted by Crippen LogP contribution is 2.45. The van der Waals surface area contributed by atoms with Crippen molar-refractivity contribution in [1.29, 1.82) is 0 Å². The molecule has 0 saturated carbocycles. The van der Waals surface area contributed by atoms with E-state index >= 15 is 0 Å². The number of phosphoric ester groups is 2. The highest BCUT2D eigenvalue weighted by molar-refractivity contribution is 7.47. The summed E-state index contributed by atoms with van der Waals surface area (Å²) in [6, 6.07) is 0. The van der Waals surface area contributed by atoms with Crippen LogP contribution in [0.5, 0.6) is 0 Å². The number of aliphatic hydroxyl groups excluding tert-OH is 1. The van der Waals surface area contributed by atoms with Gasteiger partial charge in [-0.2, -0.15) is 0 Å². The smallest absolute Gasteiger partial charge is 0.462 e. The fourth-order valence-corrected chi connectivity index (χ4v) is 13.8. The first kappa shape index (κ1) is 96.1. The lowest BCUT2D eigenvalue weighted by molar-refractivity contribution is -0.161. The van der Waals surface area contributed by atoms with Crippen molar-refractivity contribution in [2.45, 2.75) is 432 Å². The molecule has 19 heteroatoms. The number of hydrogen-bond acceptors (Lipinski definition) is 15. The maximum Gasteiger partial charge on any atom is 0.472 e. The Morgan fingerprint density at radius 1 is 0.276 bits per heavy atom. The lowest BCUT2D eigenvalue weighted by Crippen LogP contribution is -2.30. The molecule has 0 aliphatic heterocycles. The molecule has 582 valence electrons. The molecule has 0 amide bonds. The van der Waals surface area contributed by atoms with Crippen LogP contribution in [0.4, 0.5) is 0 Å². The van der Waals surface area contributed by atoms with Crippen molar-refractivity contribution in [2.75, 3.05) is 39.6 Å². The Bertz CT molecular complexity index is 1890. The van der Waals surface area contributed by atoms with E-state index in [1.54, 1.807) is 0 Å². The van der Waals surface area contributed by atoms with Gasteiger partial charge in [0.1, 0.15) is 19.3 Å². The summed E-state index contributed by atoms with van der Waals surface area (Å²) in [7, 11) is -9.92. The van der Waals surface area contributed by atoms with Crippen LogP contribution >= 0.6 is 15.6 Å². The number of aliphatic hydroxyl groups is 1. The lowest BCUT2D eigenvalue weighted by atomic mass is 10.0. The van der Waals surface area contributed by atoms with Gasteiger partial charge in [-0.3, -0.25) is 37.3 Å². The predicted molar refractivity (Wildman–Crippen MR) is 400 cm³/mol. The number of hydrogen-bond donors (Lipinski definition) is 3. The van der Waals surface area contributed by atoms with Crippen LogP contribution in [0, 0.1) is 11.8 Å². The molecule has 0 aliphatic rings. The minimum Gasteiger partial charge on any atom is -0.462 e. The van der Waals surface area contributed by atoms with Crippen molar-refractivity contribution < 1.29 is 80.2 Å². The van der Waals surface area contributed by atoms with Gasteiger partial charge in [-0.1, -0.05) is 363 Å². The quantitative estimate of drug-likeness (QED) is 0.0222. The van der Waals surface area contributed by atoms with Gasteiger partial charge in [0.2, 0.25) is 0 Å². The monoisotopic (exact) mass is 1440 g/mol. The second-order valence-corrected chi connectivity index (χ2v) is 32.3. The Labute approximate surface area is 600 Å². The van der Waals surface area contributed by atoms with Gasteiger partial charge < -0.3 is 33.8 Å². The molecule has 0 bridgehead atoms. The van der Waals surface area contributed by atoms with E-state index in [0.717, 1.165) is 102 Å². The molecule has 2 unspecified atom stereocenters. The number of carbonyl (C=O) groups excluding carboxylic acids is 4. The predicted octanol–water partition coefficient (Wildman–Crippen LogP) is 23.5. The zero-order valence-electron chi connectivity index (χ0n) is 64.1. The number of unbranched alkanes of at least 4 members (excludes halogenated alkanes) is 48. The van der Waals surface area contributed by atoms with Crippen LogP contribution in [0.15, 0.2) is 0 Å². The van der Waals surface area contributed by atoms with Gasteiger partial charge in [0, 0.05) is 25.7 Å². The molecule has 0 aromatic carbocycles. The molecule has 0 fully saturated rings. The van der Waals surface area contributed by atoms with Crippen LogP contribution in [-0.4, -0.2) is 96.7 Å². The fourth-order valence-electron chi connectivity index (χ4n) is 12.2. The summed E-state index contributed by atoms with van der Waals surface area (Å²) in [6.07, 6.45) is 59.6. The molecule has 98 heavy (non-hydrogen) atoms. The van der Waals surface area contributed by atoms with Gasteiger partial charge in [0.25, 0.3) is 0 Å². The molecule has 0 spiro atoms. The first-order valence-corrected chi connectivity index (χ1v) is 44.0. The summed E-state index contributed by atoms with van der Waals surface area (Å²) in [4.78, 5) is 72.9. The van der Waals surface area contributed by atoms with E-state index in [1.807, 2.05) is 0 Å². The summed E-state index contributed by atoms with van der Waals surface area (Å²) < 4.78 is 68.6. The van der Waals surface area contributed by atoms with Gasteiger partial charge >= 0.3 is 39.5 Å². The fraction of sp³-hybridized carbons (Fsp3) is 0.949. The molecule has 3 N–H and O–H groups in total. The molecule has 0 aromatic heterocycles. The zero-order valence-corrected chi connectivity index (χ0v) is 65.9. The minimum atomic E-state index is -4.96. The third kappa shape index (κ3) is 72.4. The van der Waals surface area contributed by atoms with Crippen molar-refractivity contribution in [2.24, 2.45) is 11.8 Å². The average Bonchev–Trinajstić information content (AvgIpc) is 0.995. The highest BCUT2D eigenvalue weighted by Gasteiger charge is 2.30. The summed E-state index contributed by atoms with van der Waals surface area (Å²) in [5.41, 5.74) is 0. The molecule has 0 heterocycles. The Balaban J connectivity index is 5.24. The van der Waals surface area contributed by atoms with Gasteiger partial charge in [-0.15, -0.1) is 0 Å². The van der Waals surface area contributed by atoms with Crippen molar-refractivity contribution in [3.63, 3.8) is 0 Å². The normalized spacial score (nSPS) is 13.9. The molecule has 0 aromatic rings. The van der Waals surface area contributed by atoms with Crippen LogP contribution in [0.25, 0.3) is 0 Å². The van der Waals surface area contributed by atoms with Crippen LogP contribution in [0.2, 0.25) is 0 Å². The Kier molecular flexibility index (Phi) is 69.3. The van der Waals surface area contributed by atoms with Crippen LogP contribution in [-0.2, 0) is 65.4 Å². The van der Waals surface area contributed by atoms with Crippen LogP contribution in [0.1, 0.15) is 414 Å². The second kappa shape index (κ2) is 70.7. The van der Waals surface area contributed by atoms with Crippen LogP contribution < -0.4 is 0 Å². The number of phosphoric acid groups is 2. The number of rotatable bonds is 78. The molecule has 0 saturated heterocycles. The van der Waals surface area contributed by atoms with Gasteiger partial charge in [0.15, 0.2) is 12.2 Å². The third-order valence-corrected chi connectivity index (χ3v) is 20.4. The summed E-state index contributed by atoms with van der Waals surface area (Å²) >= 11 is 0. The molecular weight excluding hydrogens is 1280 g/mol. The van der Waals surface area contributed by atoms with E-state index in [9.17, 15) is 43.2 Å². The largest absolute Gasteiger partial charge is 0.472 e. The Hall–Kier alpha value is -1.94. The van der Waals surface area contributed by atoms with E-state index in [-0.39, 0.29) is 25.7 Å². The zero-order chi connectivity index (χ0) is 72.1. The summed E-state index contributed by atoms with van der Waals surface area (Å²) in [5.74, 6) is -0.602. The Morgan fingerprint density at radius 3 is 0.694 bits per heavy atom. The number of ether oxygens (including phenoxy) is 4. The maximum atomic E-state index is 13.1. The molecule has 17 nitrogen and oxygen atoms in total. The highest BCUT2D eigenvalue weighted by atomic mass is 31.2. The van der Waals surface area contributed by atoms with Crippen molar-refractivity contribution >= 4 is 39.5 Å². The third-order valence-electron chi connectivity index (χ3n) is 18.5. The SMILES string of the molecule is CCCCCCCCCCCCCCCCCCC(=O)OC[C@H](COP(=O)(O)OC[C@@H](O)COP(=O)(O)OC[C@@H](COC(=O)CCCCCCCCCC(C)C)OC(=O)CCCCCCCCCCCCCCCC)OC(=O)CCCCCCCCCCCCCCCCCC(C)C. The van der Waals surface area contributed by atoms with Gasteiger partial charge in [-0.25, -0.2) is 9.13 Å². The van der Waals surface area contributed by atoms with E-state index < -0.39 is 97.5 Å². The first-order chi connectivity index (χ1) is 47.4. The summed E-state index contributed by atoms with van der Waals surface area (Å²) in [6.45, 7) is 9.60. The van der Waals surface area contributed by atoms with Gasteiger partial charge in [-0.05, 0) is 37.5 Å². The second-order valence-electron chi connectivity index (χ2n) is 29.4. The van der Waals surface area contributed by atoms with Crippen molar-refractivity contribution in [1.82, 2.24) is 0 Å². The minimum absolute atomic E-state index is 0.107.